The lowest BCUT2D eigenvalue weighted by Gasteiger charge is -2.53. The highest BCUT2D eigenvalue weighted by Crippen LogP contribution is 2.58. The smallest absolute Gasteiger partial charge is 0.0262 e. The maximum Gasteiger partial charge on any atom is -0.0262 e. The van der Waals surface area contributed by atoms with Crippen LogP contribution < -0.4 is 0 Å². The molecule has 0 aromatic heterocycles. The summed E-state index contributed by atoms with van der Waals surface area (Å²) in [6.45, 7) is 2.39. The van der Waals surface area contributed by atoms with Crippen LogP contribution in [0.25, 0.3) is 0 Å². The Morgan fingerprint density at radius 3 is 1.67 bits per heavy atom. The predicted molar refractivity (Wildman–Crippen MR) is 57.4 cm³/mol. The topological polar surface area (TPSA) is 0 Å². The lowest BCUT2D eigenvalue weighted by Crippen LogP contribution is -2.41. The van der Waals surface area contributed by atoms with E-state index in [0.29, 0.717) is 0 Å². The van der Waals surface area contributed by atoms with Gasteiger partial charge in [0.25, 0.3) is 0 Å². The first kappa shape index (κ1) is 9.00. The molecule has 3 saturated carbocycles. The molecule has 12 heavy (non-hydrogen) atoms. The standard InChI is InChI=1S/C11H21P/c1-2-10-3-6-11(9-12,7-4-10)8-5-10/h2-9,12H2,1H3. The Hall–Kier alpha value is 0.430. The lowest BCUT2D eigenvalue weighted by atomic mass is 9.53. The van der Waals surface area contributed by atoms with Crippen molar-refractivity contribution in [3.05, 3.63) is 0 Å². The molecule has 0 N–H and O–H groups in total. The van der Waals surface area contributed by atoms with Gasteiger partial charge in [-0.15, -0.1) is 9.24 Å². The quantitative estimate of drug-likeness (QED) is 0.575. The first-order valence-corrected chi connectivity index (χ1v) is 6.26. The molecule has 3 fully saturated rings. The first-order valence-electron chi connectivity index (χ1n) is 5.44. The summed E-state index contributed by atoms with van der Waals surface area (Å²) in [6.07, 6.45) is 11.9. The third kappa shape index (κ3) is 1.23. The van der Waals surface area contributed by atoms with Gasteiger partial charge in [0, 0.05) is 0 Å². The summed E-state index contributed by atoms with van der Waals surface area (Å²) in [5.41, 5.74) is 1.56. The summed E-state index contributed by atoms with van der Waals surface area (Å²) in [5, 5.41) is 0. The summed E-state index contributed by atoms with van der Waals surface area (Å²) in [4.78, 5) is 0. The highest BCUT2D eigenvalue weighted by atomic mass is 31.0. The fourth-order valence-corrected chi connectivity index (χ4v) is 3.79. The molecular formula is C11H21P. The van der Waals surface area contributed by atoms with Crippen molar-refractivity contribution in [2.24, 2.45) is 10.8 Å². The van der Waals surface area contributed by atoms with Gasteiger partial charge in [0.1, 0.15) is 0 Å². The van der Waals surface area contributed by atoms with E-state index in [1.54, 1.807) is 0 Å². The van der Waals surface area contributed by atoms with E-state index in [0.717, 1.165) is 10.8 Å². The highest BCUT2D eigenvalue weighted by molar-refractivity contribution is 7.16. The van der Waals surface area contributed by atoms with Crippen LogP contribution in [0.5, 0.6) is 0 Å². The van der Waals surface area contributed by atoms with Gasteiger partial charge in [0.15, 0.2) is 0 Å². The summed E-state index contributed by atoms with van der Waals surface area (Å²) >= 11 is 0. The van der Waals surface area contributed by atoms with Crippen molar-refractivity contribution in [2.45, 2.75) is 51.9 Å². The molecule has 0 aromatic carbocycles. The maximum atomic E-state index is 2.97. The fraction of sp³-hybridized carbons (Fsp3) is 1.00. The van der Waals surface area contributed by atoms with Crippen molar-refractivity contribution >= 4 is 9.24 Å². The van der Waals surface area contributed by atoms with Gasteiger partial charge in [-0.05, 0) is 55.5 Å². The van der Waals surface area contributed by atoms with Gasteiger partial charge >= 0.3 is 0 Å². The molecule has 1 atom stereocenters. The fourth-order valence-electron chi connectivity index (χ4n) is 3.18. The van der Waals surface area contributed by atoms with Gasteiger partial charge < -0.3 is 0 Å². The van der Waals surface area contributed by atoms with Gasteiger partial charge in [0.05, 0.1) is 0 Å². The van der Waals surface area contributed by atoms with Gasteiger partial charge in [-0.25, -0.2) is 0 Å². The van der Waals surface area contributed by atoms with E-state index in [2.05, 4.69) is 16.2 Å². The van der Waals surface area contributed by atoms with Crippen molar-refractivity contribution in [1.29, 1.82) is 0 Å². The normalized spacial score (nSPS) is 46.5. The third-order valence-electron chi connectivity index (χ3n) is 4.74. The van der Waals surface area contributed by atoms with Crippen LogP contribution in [-0.2, 0) is 0 Å². The van der Waals surface area contributed by atoms with Crippen molar-refractivity contribution < 1.29 is 0 Å². The van der Waals surface area contributed by atoms with E-state index in [1.165, 1.54) is 51.1 Å². The van der Waals surface area contributed by atoms with Gasteiger partial charge in [-0.1, -0.05) is 13.3 Å². The number of fused-ring (bicyclic) bond motifs is 3. The highest BCUT2D eigenvalue weighted by Gasteiger charge is 2.46. The Morgan fingerprint density at radius 1 is 0.917 bits per heavy atom. The molecule has 3 aliphatic carbocycles. The molecule has 2 bridgehead atoms. The molecular weight excluding hydrogens is 163 g/mol. The molecule has 0 nitrogen and oxygen atoms in total. The molecule has 3 rings (SSSR count). The minimum Gasteiger partial charge on any atom is -0.137 e. The van der Waals surface area contributed by atoms with E-state index < -0.39 is 0 Å². The Bertz CT molecular complexity index is 129. The summed E-state index contributed by atoms with van der Waals surface area (Å²) in [5.74, 6) is 0. The number of hydrogen-bond acceptors (Lipinski definition) is 0. The van der Waals surface area contributed by atoms with Crippen molar-refractivity contribution in [3.8, 4) is 0 Å². The minimum atomic E-state index is 0.765. The molecule has 0 aromatic rings. The zero-order valence-electron chi connectivity index (χ0n) is 8.23. The minimum absolute atomic E-state index is 0.765. The average Bonchev–Trinajstić information content (AvgIpc) is 2.21. The first-order chi connectivity index (χ1) is 5.74. The monoisotopic (exact) mass is 184 g/mol. The van der Waals surface area contributed by atoms with E-state index in [-0.39, 0.29) is 0 Å². The van der Waals surface area contributed by atoms with Crippen LogP contribution in [0, 0.1) is 10.8 Å². The van der Waals surface area contributed by atoms with Crippen LogP contribution in [0.1, 0.15) is 51.9 Å². The Morgan fingerprint density at radius 2 is 1.33 bits per heavy atom. The number of rotatable bonds is 2. The van der Waals surface area contributed by atoms with E-state index in [4.69, 9.17) is 0 Å². The summed E-state index contributed by atoms with van der Waals surface area (Å²) in [6, 6.07) is 0. The largest absolute Gasteiger partial charge is 0.137 e. The van der Waals surface area contributed by atoms with Crippen LogP contribution in [0.3, 0.4) is 0 Å². The van der Waals surface area contributed by atoms with Crippen LogP contribution in [0.15, 0.2) is 0 Å². The lowest BCUT2D eigenvalue weighted by molar-refractivity contribution is 0.00375. The van der Waals surface area contributed by atoms with Crippen molar-refractivity contribution in [1.82, 2.24) is 0 Å². The molecule has 0 saturated heterocycles. The number of hydrogen-bond donors (Lipinski definition) is 0. The van der Waals surface area contributed by atoms with Crippen LogP contribution in [-0.4, -0.2) is 6.16 Å². The Labute approximate surface area is 78.7 Å². The second-order valence-electron chi connectivity index (χ2n) is 5.06. The van der Waals surface area contributed by atoms with E-state index in [1.807, 2.05) is 0 Å². The SMILES string of the molecule is CCC12CCC(CP)(CC1)CC2. The molecule has 0 radical (unpaired) electrons. The molecule has 0 aliphatic heterocycles. The average molecular weight is 184 g/mol. The molecule has 0 amide bonds. The molecule has 0 spiro atoms. The van der Waals surface area contributed by atoms with Crippen LogP contribution in [0.2, 0.25) is 0 Å². The summed E-state index contributed by atoms with van der Waals surface area (Å²) in [7, 11) is 2.97. The molecule has 1 unspecified atom stereocenters. The van der Waals surface area contributed by atoms with Crippen LogP contribution in [0.4, 0.5) is 0 Å². The molecule has 70 valence electrons. The Balaban J connectivity index is 2.09. The molecule has 0 heterocycles. The second kappa shape index (κ2) is 2.98. The summed E-state index contributed by atoms with van der Waals surface area (Å²) < 4.78 is 0. The van der Waals surface area contributed by atoms with E-state index >= 15 is 0 Å². The third-order valence-corrected chi connectivity index (χ3v) is 5.61. The molecule has 1 heteroatoms. The second-order valence-corrected chi connectivity index (χ2v) is 5.47. The van der Waals surface area contributed by atoms with Crippen molar-refractivity contribution in [3.63, 3.8) is 0 Å². The van der Waals surface area contributed by atoms with Gasteiger partial charge in [-0.2, -0.15) is 0 Å². The zero-order valence-corrected chi connectivity index (χ0v) is 9.39. The Kier molecular flexibility index (Phi) is 2.24. The van der Waals surface area contributed by atoms with E-state index in [9.17, 15) is 0 Å². The van der Waals surface area contributed by atoms with Crippen LogP contribution >= 0.6 is 9.24 Å². The molecule has 3 aliphatic rings. The maximum absolute atomic E-state index is 2.97. The van der Waals surface area contributed by atoms with Gasteiger partial charge in [-0.3, -0.25) is 0 Å². The predicted octanol–water partition coefficient (Wildman–Crippen LogP) is 3.61. The zero-order chi connectivity index (χ0) is 8.66. The van der Waals surface area contributed by atoms with Gasteiger partial charge in [0.2, 0.25) is 0 Å². The van der Waals surface area contributed by atoms with Crippen molar-refractivity contribution in [2.75, 3.05) is 6.16 Å².